The van der Waals surface area contributed by atoms with E-state index in [0.717, 1.165) is 6.61 Å². The lowest BCUT2D eigenvalue weighted by Crippen LogP contribution is -2.38. The zero-order chi connectivity index (χ0) is 12.6. The van der Waals surface area contributed by atoms with Crippen LogP contribution in [0.25, 0.3) is 0 Å². The van der Waals surface area contributed by atoms with Crippen molar-refractivity contribution in [3.8, 4) is 0 Å². The topological polar surface area (TPSA) is 31.0 Å². The summed E-state index contributed by atoms with van der Waals surface area (Å²) in [5.41, 5.74) is 0. The predicted molar refractivity (Wildman–Crippen MR) is 72.7 cm³/mol. The fourth-order valence-corrected chi connectivity index (χ4v) is 6.72. The second-order valence-corrected chi connectivity index (χ2v) is 9.18. The Bertz CT molecular complexity index is 178. The fourth-order valence-electron chi connectivity index (χ4n) is 2.47. The minimum atomic E-state index is -1.51. The molecule has 0 bridgehead atoms. The van der Waals surface area contributed by atoms with Crippen LogP contribution in [-0.4, -0.2) is 34.4 Å². The second kappa shape index (κ2) is 8.24. The Balaban J connectivity index is 2.29. The van der Waals surface area contributed by atoms with Gasteiger partial charge in [-0.2, -0.15) is 0 Å². The predicted octanol–water partition coefficient (Wildman–Crippen LogP) is 3.55. The third kappa shape index (κ3) is 6.00. The van der Waals surface area contributed by atoms with Gasteiger partial charge >= 0.3 is 0 Å². The molecule has 0 N–H and O–H groups in total. The monoisotopic (exact) mass is 260 g/mol. The van der Waals surface area contributed by atoms with Gasteiger partial charge in [-0.3, -0.25) is 0 Å². The van der Waals surface area contributed by atoms with Crippen molar-refractivity contribution in [2.24, 2.45) is 0 Å². The summed E-state index contributed by atoms with van der Waals surface area (Å²) in [6.45, 7) is 8.82. The SMILES string of the molecule is CCC[Si](CCC)(CCC)OCOCC1CO1. The van der Waals surface area contributed by atoms with E-state index in [-0.39, 0.29) is 0 Å². The molecule has 17 heavy (non-hydrogen) atoms. The standard InChI is InChI=1S/C13H28O3Si/c1-4-7-17(8-5-2,9-6-3)16-12-14-10-13-11-15-13/h13H,4-12H2,1-3H3. The van der Waals surface area contributed by atoms with Crippen molar-refractivity contribution < 1.29 is 13.9 Å². The van der Waals surface area contributed by atoms with E-state index < -0.39 is 8.32 Å². The summed E-state index contributed by atoms with van der Waals surface area (Å²) in [6.07, 6.45) is 4.05. The molecule has 0 aromatic rings. The van der Waals surface area contributed by atoms with E-state index >= 15 is 0 Å². The minimum absolute atomic E-state index is 0.346. The van der Waals surface area contributed by atoms with Crippen molar-refractivity contribution in [1.82, 2.24) is 0 Å². The molecule has 1 aliphatic heterocycles. The largest absolute Gasteiger partial charge is 0.395 e. The van der Waals surface area contributed by atoms with Crippen LogP contribution in [0.5, 0.6) is 0 Å². The van der Waals surface area contributed by atoms with Gasteiger partial charge in [0.2, 0.25) is 0 Å². The Morgan fingerprint density at radius 2 is 1.59 bits per heavy atom. The van der Waals surface area contributed by atoms with E-state index in [9.17, 15) is 0 Å². The number of hydrogen-bond acceptors (Lipinski definition) is 3. The van der Waals surface area contributed by atoms with Gasteiger partial charge in [-0.15, -0.1) is 0 Å². The molecule has 0 aliphatic carbocycles. The summed E-state index contributed by atoms with van der Waals surface area (Å²) < 4.78 is 16.8. The van der Waals surface area contributed by atoms with Crippen molar-refractivity contribution in [2.75, 3.05) is 20.0 Å². The highest BCUT2D eigenvalue weighted by Crippen LogP contribution is 2.27. The molecule has 102 valence electrons. The summed E-state index contributed by atoms with van der Waals surface area (Å²) in [7, 11) is -1.51. The van der Waals surface area contributed by atoms with Crippen molar-refractivity contribution in [2.45, 2.75) is 64.3 Å². The van der Waals surface area contributed by atoms with Gasteiger partial charge in [0.25, 0.3) is 0 Å². The summed E-state index contributed by atoms with van der Waals surface area (Å²) in [4.78, 5) is 0. The van der Waals surface area contributed by atoms with E-state index in [1.807, 2.05) is 0 Å². The molecule has 0 spiro atoms. The lowest BCUT2D eigenvalue weighted by molar-refractivity contribution is 0.000946. The van der Waals surface area contributed by atoms with Crippen LogP contribution in [0.15, 0.2) is 0 Å². The molecule has 1 fully saturated rings. The molecule has 1 aliphatic rings. The Labute approximate surface area is 107 Å². The van der Waals surface area contributed by atoms with E-state index in [0.29, 0.717) is 19.5 Å². The molecular formula is C13H28O3Si. The number of epoxide rings is 1. The molecule has 1 unspecified atom stereocenters. The highest BCUT2D eigenvalue weighted by atomic mass is 28.4. The highest BCUT2D eigenvalue weighted by molar-refractivity contribution is 6.73. The Kier molecular flexibility index (Phi) is 7.35. The van der Waals surface area contributed by atoms with Crippen molar-refractivity contribution in [1.29, 1.82) is 0 Å². The Morgan fingerprint density at radius 3 is 2.00 bits per heavy atom. The average molecular weight is 260 g/mol. The molecule has 3 nitrogen and oxygen atoms in total. The lowest BCUT2D eigenvalue weighted by atomic mass is 10.5. The number of ether oxygens (including phenoxy) is 2. The summed E-state index contributed by atoms with van der Waals surface area (Å²) in [5.74, 6) is 0. The smallest absolute Gasteiger partial charge is 0.195 e. The zero-order valence-electron chi connectivity index (χ0n) is 11.7. The van der Waals surface area contributed by atoms with Crippen LogP contribution in [0.3, 0.4) is 0 Å². The van der Waals surface area contributed by atoms with Crippen LogP contribution in [0.1, 0.15) is 40.0 Å². The Hall–Kier alpha value is 0.0969. The van der Waals surface area contributed by atoms with Gasteiger partial charge in [-0.25, -0.2) is 0 Å². The molecule has 0 aromatic heterocycles. The van der Waals surface area contributed by atoms with Crippen molar-refractivity contribution in [3.05, 3.63) is 0 Å². The maximum atomic E-state index is 6.19. The molecule has 1 heterocycles. The van der Waals surface area contributed by atoms with Crippen molar-refractivity contribution >= 4 is 8.32 Å². The quantitative estimate of drug-likeness (QED) is 0.246. The first-order chi connectivity index (χ1) is 8.26. The van der Waals surface area contributed by atoms with E-state index in [4.69, 9.17) is 13.9 Å². The van der Waals surface area contributed by atoms with Crippen LogP contribution in [0, 0.1) is 0 Å². The lowest BCUT2D eigenvalue weighted by Gasteiger charge is -2.30. The molecule has 1 atom stereocenters. The van der Waals surface area contributed by atoms with Gasteiger partial charge in [-0.05, 0) is 18.1 Å². The average Bonchev–Trinajstić information content (AvgIpc) is 3.09. The van der Waals surface area contributed by atoms with Crippen LogP contribution in [0.2, 0.25) is 18.1 Å². The first-order valence-electron chi connectivity index (χ1n) is 7.09. The summed E-state index contributed by atoms with van der Waals surface area (Å²) in [6, 6.07) is 3.83. The van der Waals surface area contributed by atoms with Crippen LogP contribution >= 0.6 is 0 Å². The van der Waals surface area contributed by atoms with E-state index in [2.05, 4.69) is 20.8 Å². The van der Waals surface area contributed by atoms with Gasteiger partial charge in [-0.1, -0.05) is 40.0 Å². The van der Waals surface area contributed by atoms with Gasteiger partial charge in [0.1, 0.15) is 12.9 Å². The first kappa shape index (κ1) is 15.2. The third-order valence-electron chi connectivity index (χ3n) is 3.27. The van der Waals surface area contributed by atoms with Crippen molar-refractivity contribution in [3.63, 3.8) is 0 Å². The number of hydrogen-bond donors (Lipinski definition) is 0. The molecule has 1 saturated heterocycles. The highest BCUT2D eigenvalue weighted by Gasteiger charge is 2.32. The maximum absolute atomic E-state index is 6.19. The van der Waals surface area contributed by atoms with Gasteiger partial charge in [0, 0.05) is 0 Å². The zero-order valence-corrected chi connectivity index (χ0v) is 12.7. The molecular weight excluding hydrogens is 232 g/mol. The fraction of sp³-hybridized carbons (Fsp3) is 1.00. The molecule has 0 radical (unpaired) electrons. The third-order valence-corrected chi connectivity index (χ3v) is 8.24. The van der Waals surface area contributed by atoms with Gasteiger partial charge in [0.15, 0.2) is 8.32 Å². The van der Waals surface area contributed by atoms with Crippen LogP contribution in [0.4, 0.5) is 0 Å². The summed E-state index contributed by atoms with van der Waals surface area (Å²) in [5, 5.41) is 0. The molecule has 0 saturated carbocycles. The normalized spacial score (nSPS) is 19.6. The maximum Gasteiger partial charge on any atom is 0.195 e. The summed E-state index contributed by atoms with van der Waals surface area (Å²) >= 11 is 0. The molecule has 0 aromatic carbocycles. The van der Waals surface area contributed by atoms with Gasteiger partial charge in [0.05, 0.1) is 13.2 Å². The molecule has 4 heteroatoms. The van der Waals surface area contributed by atoms with Gasteiger partial charge < -0.3 is 13.9 Å². The Morgan fingerprint density at radius 1 is 1.06 bits per heavy atom. The molecule has 1 rings (SSSR count). The van der Waals surface area contributed by atoms with E-state index in [1.54, 1.807) is 0 Å². The molecule has 0 amide bonds. The van der Waals surface area contributed by atoms with Crippen LogP contribution in [-0.2, 0) is 13.9 Å². The second-order valence-electron chi connectivity index (χ2n) is 5.02. The minimum Gasteiger partial charge on any atom is -0.395 e. The van der Waals surface area contributed by atoms with E-state index in [1.165, 1.54) is 37.4 Å². The first-order valence-corrected chi connectivity index (χ1v) is 9.62. The number of rotatable bonds is 11. The van der Waals surface area contributed by atoms with Crippen LogP contribution < -0.4 is 0 Å².